The fourth-order valence-corrected chi connectivity index (χ4v) is 1.19. The van der Waals surface area contributed by atoms with Crippen molar-refractivity contribution in [3.05, 3.63) is 29.8 Å². The van der Waals surface area contributed by atoms with Crippen molar-refractivity contribution in [2.45, 2.75) is 19.2 Å². The Bertz CT molecular complexity index is 377. The number of carbonyl (C=O) groups excluding carboxylic acids is 1. The molecule has 1 rings (SSSR count). The summed E-state index contributed by atoms with van der Waals surface area (Å²) in [4.78, 5) is 10.5. The summed E-state index contributed by atoms with van der Waals surface area (Å²) >= 11 is 0. The predicted molar refractivity (Wildman–Crippen MR) is 50.6 cm³/mol. The molecule has 0 aliphatic rings. The number of halogens is 3. The van der Waals surface area contributed by atoms with Gasteiger partial charge in [-0.3, -0.25) is 4.79 Å². The Labute approximate surface area is 90.0 Å². The zero-order valence-corrected chi connectivity index (χ0v) is 8.25. The van der Waals surface area contributed by atoms with Crippen LogP contribution in [0.25, 0.3) is 0 Å². The van der Waals surface area contributed by atoms with Gasteiger partial charge in [-0.05, 0) is 18.1 Å². The van der Waals surface area contributed by atoms with Gasteiger partial charge in [-0.2, -0.15) is 0 Å². The highest BCUT2D eigenvalue weighted by atomic mass is 19.4. The Morgan fingerprint density at radius 1 is 1.31 bits per heavy atom. The molecule has 16 heavy (non-hydrogen) atoms. The topological polar surface area (TPSA) is 52.3 Å². The third-order valence-electron chi connectivity index (χ3n) is 1.84. The van der Waals surface area contributed by atoms with E-state index in [1.165, 1.54) is 18.2 Å². The molecular formula is C10H10F3NO2. The van der Waals surface area contributed by atoms with Crippen LogP contribution < -0.4 is 10.5 Å². The van der Waals surface area contributed by atoms with Crippen molar-refractivity contribution in [3.63, 3.8) is 0 Å². The molecule has 0 atom stereocenters. The van der Waals surface area contributed by atoms with E-state index in [1.807, 2.05) is 0 Å². The van der Waals surface area contributed by atoms with Crippen molar-refractivity contribution in [2.24, 2.45) is 5.73 Å². The van der Waals surface area contributed by atoms with Crippen molar-refractivity contribution < 1.29 is 22.7 Å². The Kier molecular flexibility index (Phi) is 3.76. The highest BCUT2D eigenvalue weighted by molar-refractivity contribution is 5.74. The molecule has 0 saturated carbocycles. The molecule has 0 aliphatic heterocycles. The number of hydrogen-bond donors (Lipinski definition) is 1. The van der Waals surface area contributed by atoms with Gasteiger partial charge in [-0.1, -0.05) is 18.2 Å². The molecule has 0 spiro atoms. The number of alkyl halides is 3. The molecule has 3 nitrogen and oxygen atoms in total. The highest BCUT2D eigenvalue weighted by Crippen LogP contribution is 2.26. The largest absolute Gasteiger partial charge is 0.573 e. The first-order valence-electron chi connectivity index (χ1n) is 4.50. The molecule has 1 aromatic rings. The molecule has 0 unspecified atom stereocenters. The van der Waals surface area contributed by atoms with Crippen LogP contribution in [0, 0.1) is 0 Å². The third-order valence-corrected chi connectivity index (χ3v) is 1.84. The molecular weight excluding hydrogens is 223 g/mol. The van der Waals surface area contributed by atoms with Gasteiger partial charge < -0.3 is 10.5 Å². The van der Waals surface area contributed by atoms with Gasteiger partial charge in [-0.15, -0.1) is 13.2 Å². The summed E-state index contributed by atoms with van der Waals surface area (Å²) in [5.41, 5.74) is 5.22. The Balaban J connectivity index is 2.79. The summed E-state index contributed by atoms with van der Waals surface area (Å²) < 4.78 is 39.8. The second-order valence-electron chi connectivity index (χ2n) is 3.12. The number of amides is 1. The fraction of sp³-hybridized carbons (Fsp3) is 0.300. The number of para-hydroxylation sites is 1. The summed E-state index contributed by atoms with van der Waals surface area (Å²) in [7, 11) is 0. The maximum atomic E-state index is 12.0. The first-order chi connectivity index (χ1) is 7.38. The van der Waals surface area contributed by atoms with Crippen LogP contribution >= 0.6 is 0 Å². The Hall–Kier alpha value is -1.72. The molecule has 0 radical (unpaired) electrons. The predicted octanol–water partition coefficient (Wildman–Crippen LogP) is 2.00. The lowest BCUT2D eigenvalue weighted by molar-refractivity contribution is -0.274. The molecule has 1 aromatic carbocycles. The number of aryl methyl sites for hydroxylation is 1. The first-order valence-corrected chi connectivity index (χ1v) is 4.50. The molecule has 6 heteroatoms. The van der Waals surface area contributed by atoms with Crippen molar-refractivity contribution in [2.75, 3.05) is 0 Å². The van der Waals surface area contributed by atoms with Crippen molar-refractivity contribution >= 4 is 5.91 Å². The number of hydrogen-bond acceptors (Lipinski definition) is 2. The van der Waals surface area contributed by atoms with Gasteiger partial charge in [0.05, 0.1) is 0 Å². The normalized spacial score (nSPS) is 11.2. The van der Waals surface area contributed by atoms with Crippen LogP contribution in [0.4, 0.5) is 13.2 Å². The standard InChI is InChI=1S/C10H10F3NO2/c11-10(12,13)16-8-4-2-1-3-7(8)5-6-9(14)15/h1-4H,5-6H2,(H2,14,15). The van der Waals surface area contributed by atoms with Crippen molar-refractivity contribution in [1.82, 2.24) is 0 Å². The molecule has 0 bridgehead atoms. The maximum absolute atomic E-state index is 12.0. The van der Waals surface area contributed by atoms with E-state index in [0.717, 1.165) is 0 Å². The van der Waals surface area contributed by atoms with Crippen molar-refractivity contribution in [1.29, 1.82) is 0 Å². The monoisotopic (exact) mass is 233 g/mol. The molecule has 0 aromatic heterocycles. The van der Waals surface area contributed by atoms with Crippen LogP contribution in [0.2, 0.25) is 0 Å². The lowest BCUT2D eigenvalue weighted by atomic mass is 10.1. The number of carbonyl (C=O) groups is 1. The van der Waals surface area contributed by atoms with Gasteiger partial charge in [0.15, 0.2) is 0 Å². The molecule has 0 saturated heterocycles. The maximum Gasteiger partial charge on any atom is 0.573 e. The molecule has 0 fully saturated rings. The summed E-state index contributed by atoms with van der Waals surface area (Å²) in [6, 6.07) is 5.65. The van der Waals surface area contributed by atoms with E-state index in [0.29, 0.717) is 5.56 Å². The summed E-state index contributed by atoms with van der Waals surface area (Å²) in [6.07, 6.45) is -4.62. The second kappa shape index (κ2) is 4.87. The van der Waals surface area contributed by atoms with Crippen LogP contribution in [0.5, 0.6) is 5.75 Å². The van der Waals surface area contributed by atoms with Gasteiger partial charge in [0, 0.05) is 6.42 Å². The average molecular weight is 233 g/mol. The summed E-state index contributed by atoms with van der Waals surface area (Å²) in [5.74, 6) is -0.863. The SMILES string of the molecule is NC(=O)CCc1ccccc1OC(F)(F)F. The van der Waals surface area contributed by atoms with Gasteiger partial charge in [0.2, 0.25) is 5.91 Å². The molecule has 2 N–H and O–H groups in total. The summed E-state index contributed by atoms with van der Waals surface area (Å²) in [6.45, 7) is 0. The number of nitrogens with two attached hydrogens (primary N) is 1. The highest BCUT2D eigenvalue weighted by Gasteiger charge is 2.31. The number of benzene rings is 1. The second-order valence-corrected chi connectivity index (χ2v) is 3.12. The minimum Gasteiger partial charge on any atom is -0.406 e. The van der Waals surface area contributed by atoms with Gasteiger partial charge >= 0.3 is 6.36 Å². The lowest BCUT2D eigenvalue weighted by Gasteiger charge is -2.12. The quantitative estimate of drug-likeness (QED) is 0.864. The van der Waals surface area contributed by atoms with Crippen molar-refractivity contribution in [3.8, 4) is 5.75 Å². The zero-order chi connectivity index (χ0) is 12.2. The van der Waals surface area contributed by atoms with E-state index >= 15 is 0 Å². The van der Waals surface area contributed by atoms with E-state index in [-0.39, 0.29) is 18.6 Å². The van der Waals surface area contributed by atoms with Crippen LogP contribution in [0.3, 0.4) is 0 Å². The minimum atomic E-state index is -4.73. The van der Waals surface area contributed by atoms with Crippen LogP contribution in [-0.4, -0.2) is 12.3 Å². The van der Waals surface area contributed by atoms with Crippen LogP contribution in [0.1, 0.15) is 12.0 Å². The number of primary amides is 1. The van der Waals surface area contributed by atoms with Gasteiger partial charge in [0.25, 0.3) is 0 Å². The van der Waals surface area contributed by atoms with E-state index < -0.39 is 12.3 Å². The van der Waals surface area contributed by atoms with E-state index in [1.54, 1.807) is 6.07 Å². The lowest BCUT2D eigenvalue weighted by Crippen LogP contribution is -2.18. The Morgan fingerprint density at radius 2 is 1.94 bits per heavy atom. The van der Waals surface area contributed by atoms with Crippen LogP contribution in [-0.2, 0) is 11.2 Å². The summed E-state index contributed by atoms with van der Waals surface area (Å²) in [5, 5.41) is 0. The number of rotatable bonds is 4. The van der Waals surface area contributed by atoms with E-state index in [2.05, 4.69) is 4.74 Å². The van der Waals surface area contributed by atoms with Gasteiger partial charge in [-0.25, -0.2) is 0 Å². The molecule has 0 aliphatic carbocycles. The molecule has 88 valence electrons. The number of ether oxygens (including phenoxy) is 1. The van der Waals surface area contributed by atoms with Gasteiger partial charge in [0.1, 0.15) is 5.75 Å². The Morgan fingerprint density at radius 3 is 2.50 bits per heavy atom. The third kappa shape index (κ3) is 4.20. The van der Waals surface area contributed by atoms with E-state index in [9.17, 15) is 18.0 Å². The smallest absolute Gasteiger partial charge is 0.406 e. The average Bonchev–Trinajstić information content (AvgIpc) is 2.14. The molecule has 0 heterocycles. The minimum absolute atomic E-state index is 0.0156. The molecule has 1 amide bonds. The van der Waals surface area contributed by atoms with Crippen LogP contribution in [0.15, 0.2) is 24.3 Å². The zero-order valence-electron chi connectivity index (χ0n) is 8.25. The fourth-order valence-electron chi connectivity index (χ4n) is 1.19. The first kappa shape index (κ1) is 12.4. The van der Waals surface area contributed by atoms with E-state index in [4.69, 9.17) is 5.73 Å².